The summed E-state index contributed by atoms with van der Waals surface area (Å²) in [5.41, 5.74) is 2.32. The number of likely N-dealkylation sites (tertiary alicyclic amines) is 1. The van der Waals surface area contributed by atoms with E-state index in [1.807, 2.05) is 13.0 Å². The highest BCUT2D eigenvalue weighted by molar-refractivity contribution is 5.45. The van der Waals surface area contributed by atoms with Crippen LogP contribution in [0.25, 0.3) is 0 Å². The van der Waals surface area contributed by atoms with Crippen molar-refractivity contribution in [3.8, 4) is 11.5 Å². The minimum Gasteiger partial charge on any atom is -0.493 e. The molecule has 2 aliphatic rings. The van der Waals surface area contributed by atoms with Crippen molar-refractivity contribution in [2.75, 3.05) is 20.2 Å². The van der Waals surface area contributed by atoms with Gasteiger partial charge in [0.05, 0.1) is 19.3 Å². The van der Waals surface area contributed by atoms with Gasteiger partial charge in [-0.15, -0.1) is 0 Å². The van der Waals surface area contributed by atoms with Crippen molar-refractivity contribution in [1.82, 2.24) is 4.90 Å². The molecule has 4 nitrogen and oxygen atoms in total. The van der Waals surface area contributed by atoms with Gasteiger partial charge in [0, 0.05) is 31.0 Å². The van der Waals surface area contributed by atoms with Crippen LogP contribution in [0.4, 0.5) is 0 Å². The first-order valence-electron chi connectivity index (χ1n) is 11.3. The minimum absolute atomic E-state index is 0.214. The van der Waals surface area contributed by atoms with E-state index in [1.54, 1.807) is 7.11 Å². The first kappa shape index (κ1) is 21.2. The number of rotatable bonds is 7. The molecule has 1 saturated heterocycles. The fraction of sp³-hybridized carbons (Fsp3) is 0.538. The van der Waals surface area contributed by atoms with E-state index in [-0.39, 0.29) is 17.4 Å². The number of hydrogen-bond donors (Lipinski definition) is 1. The Morgan fingerprint density at radius 1 is 1.10 bits per heavy atom. The van der Waals surface area contributed by atoms with Gasteiger partial charge in [0.25, 0.3) is 0 Å². The fourth-order valence-corrected chi connectivity index (χ4v) is 5.18. The van der Waals surface area contributed by atoms with Crippen molar-refractivity contribution in [2.45, 2.75) is 64.2 Å². The van der Waals surface area contributed by atoms with Crippen LogP contribution >= 0.6 is 0 Å². The first-order chi connectivity index (χ1) is 14.5. The summed E-state index contributed by atoms with van der Waals surface area (Å²) in [6, 6.07) is 16.9. The molecule has 1 saturated carbocycles. The first-order valence-corrected chi connectivity index (χ1v) is 11.3. The smallest absolute Gasteiger partial charge is 0.161 e. The Bertz CT molecular complexity index is 831. The third kappa shape index (κ3) is 4.35. The van der Waals surface area contributed by atoms with Gasteiger partial charge in [-0.2, -0.15) is 0 Å². The summed E-state index contributed by atoms with van der Waals surface area (Å²) in [5, 5.41) is 10.7. The zero-order valence-corrected chi connectivity index (χ0v) is 18.5. The highest BCUT2D eigenvalue weighted by atomic mass is 16.5. The lowest BCUT2D eigenvalue weighted by molar-refractivity contribution is 0.0474. The molecule has 1 heterocycles. The molecule has 1 aliphatic heterocycles. The minimum atomic E-state index is -0.399. The van der Waals surface area contributed by atoms with E-state index in [4.69, 9.17) is 9.47 Å². The van der Waals surface area contributed by atoms with Gasteiger partial charge in [-0.05, 0) is 55.9 Å². The molecule has 4 heteroatoms. The molecule has 3 atom stereocenters. The number of hydrogen-bond acceptors (Lipinski definition) is 4. The number of methoxy groups -OCH3 is 1. The molecule has 2 aromatic rings. The van der Waals surface area contributed by atoms with E-state index in [0.29, 0.717) is 0 Å². The van der Waals surface area contributed by atoms with E-state index in [9.17, 15) is 5.11 Å². The molecule has 0 aromatic heterocycles. The molecule has 0 bridgehead atoms. The van der Waals surface area contributed by atoms with E-state index in [0.717, 1.165) is 44.0 Å². The quantitative estimate of drug-likeness (QED) is 0.698. The van der Waals surface area contributed by atoms with Crippen LogP contribution in [-0.4, -0.2) is 42.4 Å². The fourth-order valence-electron chi connectivity index (χ4n) is 5.18. The van der Waals surface area contributed by atoms with Crippen LogP contribution < -0.4 is 9.47 Å². The van der Waals surface area contributed by atoms with Gasteiger partial charge in [0.1, 0.15) is 0 Å². The van der Waals surface area contributed by atoms with Crippen LogP contribution in [0.5, 0.6) is 11.5 Å². The van der Waals surface area contributed by atoms with Crippen molar-refractivity contribution in [2.24, 2.45) is 5.41 Å². The maximum atomic E-state index is 10.7. The van der Waals surface area contributed by atoms with Gasteiger partial charge in [0.2, 0.25) is 0 Å². The second-order valence-corrected chi connectivity index (χ2v) is 9.32. The highest BCUT2D eigenvalue weighted by Gasteiger charge is 2.47. The Hall–Kier alpha value is -2.04. The lowest BCUT2D eigenvalue weighted by Crippen LogP contribution is -2.37. The Labute approximate surface area is 180 Å². The number of ether oxygens (including phenoxy) is 2. The number of nitrogens with zero attached hydrogens (tertiary/aromatic N) is 1. The molecule has 2 aromatic carbocycles. The number of aliphatic hydroxyl groups is 1. The average Bonchev–Trinajstić information content (AvgIpc) is 3.37. The molecule has 1 aliphatic carbocycles. The summed E-state index contributed by atoms with van der Waals surface area (Å²) in [6.45, 7) is 6.84. The molecule has 2 fully saturated rings. The third-order valence-corrected chi connectivity index (χ3v) is 7.19. The molecule has 0 unspecified atom stereocenters. The van der Waals surface area contributed by atoms with Crippen molar-refractivity contribution >= 4 is 0 Å². The van der Waals surface area contributed by atoms with Gasteiger partial charge >= 0.3 is 0 Å². The van der Waals surface area contributed by atoms with E-state index in [1.165, 1.54) is 24.0 Å². The molecule has 30 heavy (non-hydrogen) atoms. The van der Waals surface area contributed by atoms with E-state index >= 15 is 0 Å². The lowest BCUT2D eigenvalue weighted by atomic mass is 9.72. The monoisotopic (exact) mass is 409 g/mol. The maximum absolute atomic E-state index is 10.7. The SMILES string of the molecule is COc1ccc([C@H]2CN(Cc3ccccc3)C[C@@]2(C)[C@H](C)O)cc1OC1CCCC1. The van der Waals surface area contributed by atoms with Crippen LogP contribution in [0.1, 0.15) is 56.6 Å². The van der Waals surface area contributed by atoms with Gasteiger partial charge < -0.3 is 14.6 Å². The summed E-state index contributed by atoms with van der Waals surface area (Å²) in [5.74, 6) is 1.87. The molecular weight excluding hydrogens is 374 g/mol. The molecular formula is C26H35NO3. The molecule has 0 amide bonds. The summed E-state index contributed by atoms with van der Waals surface area (Å²) in [6.07, 6.45) is 4.60. The van der Waals surface area contributed by atoms with E-state index in [2.05, 4.69) is 54.3 Å². The average molecular weight is 410 g/mol. The van der Waals surface area contributed by atoms with Gasteiger partial charge in [-0.3, -0.25) is 4.90 Å². The van der Waals surface area contributed by atoms with Gasteiger partial charge in [0.15, 0.2) is 11.5 Å². The molecule has 0 radical (unpaired) electrons. The van der Waals surface area contributed by atoms with Crippen LogP contribution in [0.2, 0.25) is 0 Å². The van der Waals surface area contributed by atoms with Crippen molar-refractivity contribution in [3.05, 3.63) is 59.7 Å². The van der Waals surface area contributed by atoms with E-state index < -0.39 is 6.10 Å². The summed E-state index contributed by atoms with van der Waals surface area (Å²) < 4.78 is 11.9. The van der Waals surface area contributed by atoms with Crippen molar-refractivity contribution < 1.29 is 14.6 Å². The topological polar surface area (TPSA) is 41.9 Å². The summed E-state index contributed by atoms with van der Waals surface area (Å²) >= 11 is 0. The van der Waals surface area contributed by atoms with Crippen LogP contribution in [0.3, 0.4) is 0 Å². The van der Waals surface area contributed by atoms with Crippen molar-refractivity contribution in [3.63, 3.8) is 0 Å². The molecule has 0 spiro atoms. The second kappa shape index (κ2) is 8.99. The second-order valence-electron chi connectivity index (χ2n) is 9.32. The van der Waals surface area contributed by atoms with Crippen LogP contribution in [-0.2, 0) is 6.54 Å². The Morgan fingerprint density at radius 3 is 2.50 bits per heavy atom. The maximum Gasteiger partial charge on any atom is 0.161 e. The largest absolute Gasteiger partial charge is 0.493 e. The molecule has 1 N–H and O–H groups in total. The summed E-state index contributed by atoms with van der Waals surface area (Å²) in [4.78, 5) is 2.47. The zero-order valence-electron chi connectivity index (χ0n) is 18.5. The predicted molar refractivity (Wildman–Crippen MR) is 120 cm³/mol. The molecule has 162 valence electrons. The Balaban J connectivity index is 1.59. The van der Waals surface area contributed by atoms with Crippen molar-refractivity contribution in [1.29, 1.82) is 0 Å². The number of benzene rings is 2. The van der Waals surface area contributed by atoms with Crippen LogP contribution in [0.15, 0.2) is 48.5 Å². The molecule has 4 rings (SSSR count). The third-order valence-electron chi connectivity index (χ3n) is 7.19. The standard InChI is InChI=1S/C26H35NO3/c1-19(28)26(2)18-27(16-20-9-5-4-6-10-20)17-23(26)21-13-14-24(29-3)25(15-21)30-22-11-7-8-12-22/h4-6,9-10,13-15,19,22-23,28H,7-8,11-12,16-18H2,1-3H3/t19-,23+,26-/m0/s1. The van der Waals surface area contributed by atoms with Gasteiger partial charge in [-0.25, -0.2) is 0 Å². The van der Waals surface area contributed by atoms with Crippen LogP contribution in [0, 0.1) is 5.41 Å². The summed E-state index contributed by atoms with van der Waals surface area (Å²) in [7, 11) is 1.70. The predicted octanol–water partition coefficient (Wildman–Crippen LogP) is 5.00. The van der Waals surface area contributed by atoms with Gasteiger partial charge in [-0.1, -0.05) is 43.3 Å². The Morgan fingerprint density at radius 2 is 1.83 bits per heavy atom. The normalized spacial score (nSPS) is 26.1. The zero-order chi connectivity index (χ0) is 21.1. The lowest BCUT2D eigenvalue weighted by Gasteiger charge is -2.34. The highest BCUT2D eigenvalue weighted by Crippen LogP contribution is 2.47. The Kier molecular flexibility index (Phi) is 6.35. The number of aliphatic hydroxyl groups excluding tert-OH is 1.